The molecule has 0 unspecified atom stereocenters. The van der Waals surface area contributed by atoms with E-state index in [0.29, 0.717) is 4.88 Å². The van der Waals surface area contributed by atoms with Gasteiger partial charge in [0.1, 0.15) is 16.0 Å². The standard InChI is InChI=1S/C15H19N3O3S/c1-18-9-10(7-17-18)14-16-8-13(22-14)15(19)21-12-6-4-3-5-11(12)20-2/h7-9,11-12H,3-6H2,1-2H3/t11-,12-/m1/s1. The molecule has 0 radical (unpaired) electrons. The van der Waals surface area contributed by atoms with Crippen molar-refractivity contribution in [1.82, 2.24) is 14.8 Å². The van der Waals surface area contributed by atoms with Crippen molar-refractivity contribution in [2.24, 2.45) is 7.05 Å². The molecule has 0 aliphatic heterocycles. The third kappa shape index (κ3) is 3.20. The summed E-state index contributed by atoms with van der Waals surface area (Å²) in [5, 5.41) is 4.88. The third-order valence-electron chi connectivity index (χ3n) is 3.86. The lowest BCUT2D eigenvalue weighted by molar-refractivity contribution is -0.0536. The van der Waals surface area contributed by atoms with Gasteiger partial charge in [0.15, 0.2) is 0 Å². The Hall–Kier alpha value is -1.73. The number of aromatic nitrogens is 3. The minimum atomic E-state index is -0.318. The second-order valence-corrected chi connectivity index (χ2v) is 6.47. The number of hydrogen-bond donors (Lipinski definition) is 0. The predicted molar refractivity (Wildman–Crippen MR) is 82.8 cm³/mol. The van der Waals surface area contributed by atoms with Gasteiger partial charge < -0.3 is 9.47 Å². The number of hydrogen-bond acceptors (Lipinski definition) is 6. The van der Waals surface area contributed by atoms with E-state index in [2.05, 4.69) is 10.1 Å². The Balaban J connectivity index is 1.69. The van der Waals surface area contributed by atoms with Crippen LogP contribution in [0.3, 0.4) is 0 Å². The van der Waals surface area contributed by atoms with Gasteiger partial charge in [-0.2, -0.15) is 5.10 Å². The average Bonchev–Trinajstić information content (AvgIpc) is 3.16. The molecule has 1 saturated carbocycles. The van der Waals surface area contributed by atoms with Crippen LogP contribution in [-0.4, -0.2) is 40.1 Å². The van der Waals surface area contributed by atoms with Crippen LogP contribution in [0.25, 0.3) is 10.6 Å². The van der Waals surface area contributed by atoms with Crippen LogP contribution in [0.5, 0.6) is 0 Å². The maximum Gasteiger partial charge on any atom is 0.350 e. The van der Waals surface area contributed by atoms with E-state index >= 15 is 0 Å². The van der Waals surface area contributed by atoms with Crippen LogP contribution in [-0.2, 0) is 16.5 Å². The Morgan fingerprint density at radius 3 is 2.77 bits per heavy atom. The van der Waals surface area contributed by atoms with E-state index in [4.69, 9.17) is 9.47 Å². The number of carbonyl (C=O) groups is 1. The smallest absolute Gasteiger partial charge is 0.350 e. The first kappa shape index (κ1) is 15.2. The summed E-state index contributed by atoms with van der Waals surface area (Å²) < 4.78 is 12.7. The molecule has 6 nitrogen and oxygen atoms in total. The molecule has 118 valence electrons. The Labute approximate surface area is 133 Å². The fraction of sp³-hybridized carbons (Fsp3) is 0.533. The number of esters is 1. The average molecular weight is 321 g/mol. The van der Waals surface area contributed by atoms with E-state index in [1.807, 2.05) is 13.2 Å². The van der Waals surface area contributed by atoms with Crippen molar-refractivity contribution in [3.63, 3.8) is 0 Å². The fourth-order valence-electron chi connectivity index (χ4n) is 2.70. The number of thiazole rings is 1. The Bertz CT molecular complexity index is 652. The van der Waals surface area contributed by atoms with Gasteiger partial charge in [-0.15, -0.1) is 11.3 Å². The van der Waals surface area contributed by atoms with Crippen molar-refractivity contribution in [2.75, 3.05) is 7.11 Å². The van der Waals surface area contributed by atoms with Gasteiger partial charge in [0.05, 0.1) is 18.5 Å². The maximum atomic E-state index is 12.3. The second kappa shape index (κ2) is 6.58. The van der Waals surface area contributed by atoms with E-state index in [-0.39, 0.29) is 18.2 Å². The van der Waals surface area contributed by atoms with Gasteiger partial charge in [0, 0.05) is 25.9 Å². The lowest BCUT2D eigenvalue weighted by Gasteiger charge is -2.29. The Morgan fingerprint density at radius 2 is 2.09 bits per heavy atom. The summed E-state index contributed by atoms with van der Waals surface area (Å²) in [7, 11) is 3.52. The highest BCUT2D eigenvalue weighted by Crippen LogP contribution is 2.28. The van der Waals surface area contributed by atoms with Crippen LogP contribution in [0.4, 0.5) is 0 Å². The summed E-state index contributed by atoms with van der Waals surface area (Å²) in [5.74, 6) is -0.318. The summed E-state index contributed by atoms with van der Waals surface area (Å²) in [5.41, 5.74) is 0.902. The minimum Gasteiger partial charge on any atom is -0.455 e. The van der Waals surface area contributed by atoms with E-state index in [9.17, 15) is 4.79 Å². The van der Waals surface area contributed by atoms with Gasteiger partial charge in [0.2, 0.25) is 0 Å². The highest BCUT2D eigenvalue weighted by molar-refractivity contribution is 7.16. The molecule has 2 aromatic rings. The monoisotopic (exact) mass is 321 g/mol. The highest BCUT2D eigenvalue weighted by atomic mass is 32.1. The molecule has 0 saturated heterocycles. The zero-order valence-electron chi connectivity index (χ0n) is 12.7. The summed E-state index contributed by atoms with van der Waals surface area (Å²) in [4.78, 5) is 17.1. The number of methoxy groups -OCH3 is 1. The molecule has 3 rings (SSSR count). The molecule has 0 amide bonds. The lowest BCUT2D eigenvalue weighted by Crippen LogP contribution is -2.35. The molecule has 0 aromatic carbocycles. The molecule has 1 fully saturated rings. The van der Waals surface area contributed by atoms with E-state index in [1.54, 1.807) is 24.2 Å². The number of ether oxygens (including phenoxy) is 2. The van der Waals surface area contributed by atoms with Crippen LogP contribution in [0.2, 0.25) is 0 Å². The minimum absolute atomic E-state index is 0.00316. The summed E-state index contributed by atoms with van der Waals surface area (Å²) >= 11 is 1.33. The van der Waals surface area contributed by atoms with Gasteiger partial charge in [-0.25, -0.2) is 9.78 Å². The van der Waals surface area contributed by atoms with Gasteiger partial charge in [0.25, 0.3) is 0 Å². The number of aryl methyl sites for hydroxylation is 1. The zero-order chi connectivity index (χ0) is 15.5. The van der Waals surface area contributed by atoms with Gasteiger partial charge >= 0.3 is 5.97 Å². The number of nitrogens with zero attached hydrogens (tertiary/aromatic N) is 3. The maximum absolute atomic E-state index is 12.3. The van der Waals surface area contributed by atoms with Crippen molar-refractivity contribution in [3.05, 3.63) is 23.5 Å². The predicted octanol–water partition coefficient (Wildman–Crippen LogP) is 2.66. The van der Waals surface area contributed by atoms with E-state index < -0.39 is 0 Å². The molecular weight excluding hydrogens is 302 g/mol. The van der Waals surface area contributed by atoms with Crippen molar-refractivity contribution in [2.45, 2.75) is 37.9 Å². The Kier molecular flexibility index (Phi) is 4.54. The number of rotatable bonds is 4. The van der Waals surface area contributed by atoms with Gasteiger partial charge in [-0.3, -0.25) is 4.68 Å². The molecular formula is C15H19N3O3S. The van der Waals surface area contributed by atoms with E-state index in [1.165, 1.54) is 11.3 Å². The molecule has 0 N–H and O–H groups in total. The van der Waals surface area contributed by atoms with Crippen molar-refractivity contribution in [1.29, 1.82) is 0 Å². The molecule has 1 aliphatic carbocycles. The lowest BCUT2D eigenvalue weighted by atomic mass is 9.94. The van der Waals surface area contributed by atoms with Crippen LogP contribution < -0.4 is 0 Å². The van der Waals surface area contributed by atoms with Gasteiger partial charge in [-0.05, 0) is 19.3 Å². The van der Waals surface area contributed by atoms with Crippen LogP contribution in [0.15, 0.2) is 18.6 Å². The quantitative estimate of drug-likeness (QED) is 0.810. The molecule has 0 bridgehead atoms. The molecule has 7 heteroatoms. The van der Waals surface area contributed by atoms with Crippen molar-refractivity contribution in [3.8, 4) is 10.6 Å². The first-order valence-corrected chi connectivity index (χ1v) is 8.17. The first-order chi connectivity index (χ1) is 10.7. The molecule has 22 heavy (non-hydrogen) atoms. The topological polar surface area (TPSA) is 66.2 Å². The third-order valence-corrected chi connectivity index (χ3v) is 4.89. The summed E-state index contributed by atoms with van der Waals surface area (Å²) in [6.45, 7) is 0. The Morgan fingerprint density at radius 1 is 1.32 bits per heavy atom. The van der Waals surface area contributed by atoms with E-state index in [0.717, 1.165) is 36.3 Å². The number of carbonyl (C=O) groups excluding carboxylic acids is 1. The molecule has 2 atom stereocenters. The normalized spacial score (nSPS) is 21.7. The molecule has 2 heterocycles. The van der Waals surface area contributed by atoms with Crippen molar-refractivity contribution < 1.29 is 14.3 Å². The summed E-state index contributed by atoms with van der Waals surface area (Å²) in [6.07, 6.45) is 9.01. The molecule has 0 spiro atoms. The fourth-order valence-corrected chi connectivity index (χ4v) is 3.47. The van der Waals surface area contributed by atoms with Crippen LogP contribution >= 0.6 is 11.3 Å². The molecule has 2 aromatic heterocycles. The highest BCUT2D eigenvalue weighted by Gasteiger charge is 2.29. The zero-order valence-corrected chi connectivity index (χ0v) is 13.5. The van der Waals surface area contributed by atoms with Gasteiger partial charge in [-0.1, -0.05) is 6.42 Å². The van der Waals surface area contributed by atoms with Crippen molar-refractivity contribution >= 4 is 17.3 Å². The largest absolute Gasteiger partial charge is 0.455 e. The molecule has 1 aliphatic rings. The first-order valence-electron chi connectivity index (χ1n) is 7.36. The second-order valence-electron chi connectivity index (χ2n) is 5.43. The summed E-state index contributed by atoms with van der Waals surface area (Å²) in [6, 6.07) is 0. The van der Waals surface area contributed by atoms with Crippen LogP contribution in [0.1, 0.15) is 35.4 Å². The SMILES string of the molecule is CO[C@@H]1CCCC[C@H]1OC(=O)c1cnc(-c2cnn(C)c2)s1. The van der Waals surface area contributed by atoms with Crippen LogP contribution in [0, 0.1) is 0 Å².